The van der Waals surface area contributed by atoms with Crippen LogP contribution in [0.1, 0.15) is 30.0 Å². The van der Waals surface area contributed by atoms with Crippen LogP contribution in [0.5, 0.6) is 5.75 Å². The summed E-state index contributed by atoms with van der Waals surface area (Å²) in [4.78, 5) is 0. The molecule has 2 atom stereocenters. The number of nitrogens with one attached hydrogen (secondary N) is 1. The van der Waals surface area contributed by atoms with Crippen LogP contribution in [0.15, 0.2) is 66.7 Å². The molecule has 0 aliphatic heterocycles. The predicted molar refractivity (Wildman–Crippen MR) is 111 cm³/mol. The van der Waals surface area contributed by atoms with Gasteiger partial charge in [-0.2, -0.15) is 0 Å². The second-order valence-corrected chi connectivity index (χ2v) is 7.43. The standard InChI is InChI=1S/C24H27NO3/c1-27-24(28-2)23(18-12-13-18)25-22(17-9-4-3-5-10-17)21-19-11-7-6-8-16(19)14-15-20(21)26/h3-11,14-15,18,22-26H,12-13H2,1-2H3. The summed E-state index contributed by atoms with van der Waals surface area (Å²) < 4.78 is 11.2. The molecule has 3 aromatic rings. The number of hydrogen-bond acceptors (Lipinski definition) is 4. The molecule has 1 fully saturated rings. The Morgan fingerprint density at radius 3 is 2.25 bits per heavy atom. The van der Waals surface area contributed by atoms with E-state index >= 15 is 0 Å². The fourth-order valence-electron chi connectivity index (χ4n) is 4.05. The second-order valence-electron chi connectivity index (χ2n) is 7.43. The first-order valence-electron chi connectivity index (χ1n) is 9.80. The summed E-state index contributed by atoms with van der Waals surface area (Å²) in [6.45, 7) is 0. The van der Waals surface area contributed by atoms with Crippen molar-refractivity contribution in [3.05, 3.63) is 77.9 Å². The number of methoxy groups -OCH3 is 2. The Morgan fingerprint density at radius 1 is 0.893 bits per heavy atom. The highest BCUT2D eigenvalue weighted by Gasteiger charge is 2.39. The van der Waals surface area contributed by atoms with Gasteiger partial charge in [-0.3, -0.25) is 5.32 Å². The van der Waals surface area contributed by atoms with Crippen molar-refractivity contribution in [3.63, 3.8) is 0 Å². The van der Waals surface area contributed by atoms with Crippen molar-refractivity contribution in [2.24, 2.45) is 5.92 Å². The zero-order chi connectivity index (χ0) is 19.5. The third-order valence-electron chi connectivity index (χ3n) is 5.62. The Balaban J connectivity index is 1.83. The van der Waals surface area contributed by atoms with Gasteiger partial charge in [0.25, 0.3) is 0 Å². The average Bonchev–Trinajstić information content (AvgIpc) is 3.58. The molecule has 3 aromatic carbocycles. The molecule has 4 heteroatoms. The first kappa shape index (κ1) is 18.9. The largest absolute Gasteiger partial charge is 0.508 e. The Kier molecular flexibility index (Phi) is 5.62. The molecule has 4 rings (SSSR count). The molecule has 2 N–H and O–H groups in total. The van der Waals surface area contributed by atoms with E-state index in [4.69, 9.17) is 9.47 Å². The van der Waals surface area contributed by atoms with E-state index in [9.17, 15) is 5.11 Å². The number of hydrogen-bond donors (Lipinski definition) is 2. The molecule has 28 heavy (non-hydrogen) atoms. The number of benzene rings is 3. The van der Waals surface area contributed by atoms with Gasteiger partial charge < -0.3 is 14.6 Å². The quantitative estimate of drug-likeness (QED) is 0.562. The summed E-state index contributed by atoms with van der Waals surface area (Å²) in [6.07, 6.45) is 1.98. The first-order valence-corrected chi connectivity index (χ1v) is 9.80. The number of ether oxygens (including phenoxy) is 2. The highest BCUT2D eigenvalue weighted by atomic mass is 16.7. The van der Waals surface area contributed by atoms with E-state index in [1.54, 1.807) is 20.3 Å². The maximum Gasteiger partial charge on any atom is 0.172 e. The smallest absolute Gasteiger partial charge is 0.172 e. The molecule has 2 unspecified atom stereocenters. The molecule has 0 radical (unpaired) electrons. The van der Waals surface area contributed by atoms with Gasteiger partial charge in [0.1, 0.15) is 5.75 Å². The zero-order valence-electron chi connectivity index (χ0n) is 16.3. The van der Waals surface area contributed by atoms with Gasteiger partial charge in [0.05, 0.1) is 12.1 Å². The predicted octanol–water partition coefficient (Wildman–Crippen LogP) is 4.62. The van der Waals surface area contributed by atoms with Crippen molar-refractivity contribution in [1.82, 2.24) is 5.32 Å². The molecule has 0 saturated heterocycles. The van der Waals surface area contributed by atoms with Crippen LogP contribution in [0.25, 0.3) is 10.8 Å². The van der Waals surface area contributed by atoms with E-state index in [0.29, 0.717) is 11.7 Å². The van der Waals surface area contributed by atoms with E-state index in [1.165, 1.54) is 0 Å². The first-order chi connectivity index (χ1) is 13.7. The van der Waals surface area contributed by atoms with Crippen LogP contribution in [0.4, 0.5) is 0 Å². The number of aromatic hydroxyl groups is 1. The lowest BCUT2D eigenvalue weighted by Gasteiger charge is -2.32. The monoisotopic (exact) mass is 377 g/mol. The van der Waals surface area contributed by atoms with Crippen LogP contribution in [-0.4, -0.2) is 31.7 Å². The van der Waals surface area contributed by atoms with Crippen LogP contribution in [0.2, 0.25) is 0 Å². The van der Waals surface area contributed by atoms with Gasteiger partial charge in [-0.15, -0.1) is 0 Å². The maximum absolute atomic E-state index is 10.9. The minimum atomic E-state index is -0.337. The molecule has 4 nitrogen and oxygen atoms in total. The van der Waals surface area contributed by atoms with Crippen molar-refractivity contribution in [2.75, 3.05) is 14.2 Å². The van der Waals surface area contributed by atoms with Crippen LogP contribution in [-0.2, 0) is 9.47 Å². The SMILES string of the molecule is COC(OC)C(NC(c1ccccc1)c1c(O)ccc2ccccc12)C1CC1. The third kappa shape index (κ3) is 3.76. The van der Waals surface area contributed by atoms with E-state index in [1.807, 2.05) is 36.4 Å². The van der Waals surface area contributed by atoms with Crippen LogP contribution >= 0.6 is 0 Å². The van der Waals surface area contributed by atoms with Crippen molar-refractivity contribution < 1.29 is 14.6 Å². The topological polar surface area (TPSA) is 50.7 Å². The molecule has 1 saturated carbocycles. The Hall–Kier alpha value is -2.40. The van der Waals surface area contributed by atoms with Gasteiger partial charge >= 0.3 is 0 Å². The van der Waals surface area contributed by atoms with Crippen LogP contribution in [0, 0.1) is 5.92 Å². The molecule has 1 aliphatic rings. The number of fused-ring (bicyclic) bond motifs is 1. The van der Waals surface area contributed by atoms with Crippen molar-refractivity contribution in [2.45, 2.75) is 31.2 Å². The lowest BCUT2D eigenvalue weighted by Crippen LogP contribution is -2.45. The van der Waals surface area contributed by atoms with Gasteiger partial charge in [-0.05, 0) is 41.2 Å². The van der Waals surface area contributed by atoms with Crippen molar-refractivity contribution in [3.8, 4) is 5.75 Å². The van der Waals surface area contributed by atoms with Gasteiger partial charge in [0.15, 0.2) is 6.29 Å². The average molecular weight is 377 g/mol. The van der Waals surface area contributed by atoms with Gasteiger partial charge in [0, 0.05) is 19.8 Å². The lowest BCUT2D eigenvalue weighted by atomic mass is 9.91. The normalized spacial score (nSPS) is 16.4. The van der Waals surface area contributed by atoms with Gasteiger partial charge in [-0.1, -0.05) is 60.7 Å². The minimum Gasteiger partial charge on any atom is -0.508 e. The summed E-state index contributed by atoms with van der Waals surface area (Å²) in [5, 5.41) is 16.8. The maximum atomic E-state index is 10.9. The van der Waals surface area contributed by atoms with Gasteiger partial charge in [0.2, 0.25) is 0 Å². The fourth-order valence-corrected chi connectivity index (χ4v) is 4.05. The van der Waals surface area contributed by atoms with Crippen LogP contribution < -0.4 is 5.32 Å². The molecule has 0 heterocycles. The van der Waals surface area contributed by atoms with Crippen LogP contribution in [0.3, 0.4) is 0 Å². The highest BCUT2D eigenvalue weighted by Crippen LogP contribution is 2.40. The van der Waals surface area contributed by atoms with E-state index < -0.39 is 0 Å². The van der Waals surface area contributed by atoms with E-state index in [0.717, 1.165) is 34.7 Å². The van der Waals surface area contributed by atoms with E-state index in [2.05, 4.69) is 29.6 Å². The lowest BCUT2D eigenvalue weighted by molar-refractivity contribution is -0.128. The second kappa shape index (κ2) is 8.31. The molecule has 1 aliphatic carbocycles. The molecule has 146 valence electrons. The summed E-state index contributed by atoms with van der Waals surface area (Å²) >= 11 is 0. The Labute approximate surface area is 166 Å². The Morgan fingerprint density at radius 2 is 1.57 bits per heavy atom. The molecule has 0 bridgehead atoms. The van der Waals surface area contributed by atoms with Crippen molar-refractivity contribution in [1.29, 1.82) is 0 Å². The summed E-state index contributed by atoms with van der Waals surface area (Å²) in [5.74, 6) is 0.800. The van der Waals surface area contributed by atoms with Crippen molar-refractivity contribution >= 4 is 10.8 Å². The molecular formula is C24H27NO3. The minimum absolute atomic E-state index is 0.0403. The Bertz CT molecular complexity index is 920. The highest BCUT2D eigenvalue weighted by molar-refractivity contribution is 5.88. The summed E-state index contributed by atoms with van der Waals surface area (Å²) in [5.41, 5.74) is 1.99. The summed E-state index contributed by atoms with van der Waals surface area (Å²) in [7, 11) is 3.36. The number of rotatable bonds is 8. The molecule has 0 amide bonds. The summed E-state index contributed by atoms with van der Waals surface area (Å²) in [6, 6.07) is 22.0. The molecular weight excluding hydrogens is 350 g/mol. The third-order valence-corrected chi connectivity index (χ3v) is 5.62. The van der Waals surface area contributed by atoms with Gasteiger partial charge in [-0.25, -0.2) is 0 Å². The number of phenolic OH excluding ortho intramolecular Hbond substituents is 1. The number of phenols is 1. The zero-order valence-corrected chi connectivity index (χ0v) is 16.3. The molecule has 0 spiro atoms. The molecule has 0 aromatic heterocycles. The fraction of sp³-hybridized carbons (Fsp3) is 0.333. The van der Waals surface area contributed by atoms with E-state index in [-0.39, 0.29) is 18.4 Å².